The number of aliphatic hydroxyl groups is 1. The van der Waals surface area contributed by atoms with E-state index < -0.39 is 17.9 Å². The minimum Gasteiger partial charge on any atom is -0.509 e. The molecular formula is C17H21NO4. The lowest BCUT2D eigenvalue weighted by atomic mass is 10.0. The van der Waals surface area contributed by atoms with Gasteiger partial charge in [0.1, 0.15) is 5.76 Å². The number of carbonyl (C=O) groups excluding carboxylic acids is 2. The van der Waals surface area contributed by atoms with E-state index in [9.17, 15) is 14.7 Å². The highest BCUT2D eigenvalue weighted by Gasteiger charge is 2.44. The van der Waals surface area contributed by atoms with Crippen LogP contribution in [0.3, 0.4) is 0 Å². The van der Waals surface area contributed by atoms with Gasteiger partial charge < -0.3 is 14.7 Å². The van der Waals surface area contributed by atoms with Gasteiger partial charge in [-0.2, -0.15) is 0 Å². The van der Waals surface area contributed by atoms with Crippen LogP contribution in [0.1, 0.15) is 26.3 Å². The molecule has 0 saturated heterocycles. The van der Waals surface area contributed by atoms with E-state index in [1.807, 2.05) is 44.2 Å². The second kappa shape index (κ2) is 6.64. The first-order valence-corrected chi connectivity index (χ1v) is 7.42. The van der Waals surface area contributed by atoms with E-state index in [2.05, 4.69) is 0 Å². The summed E-state index contributed by atoms with van der Waals surface area (Å²) in [5, 5.41) is 10.4. The molecule has 0 aromatic heterocycles. The fourth-order valence-electron chi connectivity index (χ4n) is 2.70. The number of hydrogen-bond donors (Lipinski definition) is 1. The summed E-state index contributed by atoms with van der Waals surface area (Å²) >= 11 is 0. The molecule has 1 aliphatic heterocycles. The van der Waals surface area contributed by atoms with Crippen molar-refractivity contribution in [2.75, 3.05) is 6.61 Å². The molecule has 5 heteroatoms. The van der Waals surface area contributed by atoms with Crippen molar-refractivity contribution >= 4 is 11.9 Å². The van der Waals surface area contributed by atoms with Crippen molar-refractivity contribution in [2.45, 2.75) is 33.4 Å². The molecule has 1 N–H and O–H groups in total. The highest BCUT2D eigenvalue weighted by atomic mass is 16.5. The number of rotatable bonds is 5. The first kappa shape index (κ1) is 16.1. The molecule has 1 atom stereocenters. The van der Waals surface area contributed by atoms with Crippen LogP contribution >= 0.6 is 0 Å². The van der Waals surface area contributed by atoms with Crippen LogP contribution in [0.5, 0.6) is 0 Å². The number of nitrogens with zero attached hydrogens (tertiary/aromatic N) is 1. The van der Waals surface area contributed by atoms with Crippen LogP contribution in [0.25, 0.3) is 0 Å². The van der Waals surface area contributed by atoms with Gasteiger partial charge in [-0.05, 0) is 18.4 Å². The monoisotopic (exact) mass is 303 g/mol. The first-order chi connectivity index (χ1) is 10.5. The number of esters is 1. The zero-order valence-corrected chi connectivity index (χ0v) is 13.1. The first-order valence-electron chi connectivity index (χ1n) is 7.42. The van der Waals surface area contributed by atoms with Gasteiger partial charge in [0.25, 0.3) is 5.91 Å². The maximum Gasteiger partial charge on any atom is 0.347 e. The number of amides is 1. The minimum atomic E-state index is -0.758. The molecule has 1 aliphatic rings. The van der Waals surface area contributed by atoms with Crippen LogP contribution in [-0.4, -0.2) is 34.5 Å². The summed E-state index contributed by atoms with van der Waals surface area (Å²) in [5.74, 6) is -1.43. The molecule has 0 aliphatic carbocycles. The van der Waals surface area contributed by atoms with Gasteiger partial charge in [0.05, 0.1) is 12.6 Å². The molecule has 0 bridgehead atoms. The van der Waals surface area contributed by atoms with E-state index in [1.165, 1.54) is 4.90 Å². The van der Waals surface area contributed by atoms with Gasteiger partial charge in [-0.1, -0.05) is 44.2 Å². The van der Waals surface area contributed by atoms with E-state index >= 15 is 0 Å². The Balaban J connectivity index is 2.32. The average Bonchev–Trinajstić information content (AvgIpc) is 2.71. The largest absolute Gasteiger partial charge is 0.509 e. The van der Waals surface area contributed by atoms with Gasteiger partial charge in [0.2, 0.25) is 0 Å². The lowest BCUT2D eigenvalue weighted by Gasteiger charge is -2.28. The Hall–Kier alpha value is -2.30. The van der Waals surface area contributed by atoms with Crippen LogP contribution < -0.4 is 0 Å². The average molecular weight is 303 g/mol. The fraction of sp³-hybridized carbons (Fsp3) is 0.412. The van der Waals surface area contributed by atoms with Gasteiger partial charge in [-0.25, -0.2) is 4.79 Å². The molecule has 0 fully saturated rings. The second-order valence-electron chi connectivity index (χ2n) is 5.59. The third-order valence-corrected chi connectivity index (χ3v) is 3.65. The third-order valence-electron chi connectivity index (χ3n) is 3.65. The molecule has 1 aromatic carbocycles. The Morgan fingerprint density at radius 2 is 1.95 bits per heavy atom. The predicted molar refractivity (Wildman–Crippen MR) is 81.9 cm³/mol. The van der Waals surface area contributed by atoms with Gasteiger partial charge in [0, 0.05) is 6.54 Å². The van der Waals surface area contributed by atoms with E-state index in [0.717, 1.165) is 5.56 Å². The molecule has 0 radical (unpaired) electrons. The summed E-state index contributed by atoms with van der Waals surface area (Å²) in [6, 6.07) is 8.98. The Morgan fingerprint density at radius 3 is 2.50 bits per heavy atom. The molecule has 2 rings (SSSR count). The highest BCUT2D eigenvalue weighted by Crippen LogP contribution is 2.31. The van der Waals surface area contributed by atoms with Crippen molar-refractivity contribution in [1.29, 1.82) is 0 Å². The van der Waals surface area contributed by atoms with Crippen LogP contribution in [0, 0.1) is 5.92 Å². The van der Waals surface area contributed by atoms with Gasteiger partial charge in [-0.15, -0.1) is 0 Å². The summed E-state index contributed by atoms with van der Waals surface area (Å²) in [7, 11) is 0. The maximum atomic E-state index is 12.6. The Kier molecular flexibility index (Phi) is 4.85. The molecule has 5 nitrogen and oxygen atoms in total. The van der Waals surface area contributed by atoms with Crippen LogP contribution in [0.15, 0.2) is 41.7 Å². The van der Waals surface area contributed by atoms with Crippen LogP contribution in [0.2, 0.25) is 0 Å². The summed E-state index contributed by atoms with van der Waals surface area (Å²) in [5.41, 5.74) is 0.705. The summed E-state index contributed by atoms with van der Waals surface area (Å²) in [6.07, 6.45) is 0. The number of ether oxygens (including phenoxy) is 1. The number of aliphatic hydroxyl groups excluding tert-OH is 1. The van der Waals surface area contributed by atoms with E-state index in [0.29, 0.717) is 6.54 Å². The number of hydrogen-bond acceptors (Lipinski definition) is 4. The summed E-state index contributed by atoms with van der Waals surface area (Å²) in [6.45, 7) is 5.97. The molecule has 22 heavy (non-hydrogen) atoms. The van der Waals surface area contributed by atoms with E-state index in [1.54, 1.807) is 6.92 Å². The molecule has 1 heterocycles. The van der Waals surface area contributed by atoms with Crippen LogP contribution in [-0.2, 0) is 20.9 Å². The Labute approximate surface area is 130 Å². The smallest absolute Gasteiger partial charge is 0.347 e. The lowest BCUT2D eigenvalue weighted by molar-refractivity contribution is -0.141. The Morgan fingerprint density at radius 1 is 1.32 bits per heavy atom. The lowest BCUT2D eigenvalue weighted by Crippen LogP contribution is -2.38. The molecule has 0 saturated carbocycles. The molecule has 0 spiro atoms. The van der Waals surface area contributed by atoms with Gasteiger partial charge >= 0.3 is 5.97 Å². The van der Waals surface area contributed by atoms with Crippen molar-refractivity contribution in [3.05, 3.63) is 47.2 Å². The highest BCUT2D eigenvalue weighted by molar-refractivity contribution is 6.18. The normalized spacial score (nSPS) is 18.3. The standard InChI is InChI=1S/C17H21NO4/c1-4-22-17(21)13-15(19)14(11(2)3)18(16(13)20)10-12-8-6-5-7-9-12/h5-9,11,14,19H,4,10H2,1-3H3/t14-/m0/s1. The van der Waals surface area contributed by atoms with Gasteiger partial charge in [-0.3, -0.25) is 4.79 Å². The molecular weight excluding hydrogens is 282 g/mol. The quantitative estimate of drug-likeness (QED) is 0.670. The van der Waals surface area contributed by atoms with Gasteiger partial charge in [0.15, 0.2) is 5.57 Å². The predicted octanol–water partition coefficient (Wildman–Crippen LogP) is 2.43. The molecule has 0 unspecified atom stereocenters. The van der Waals surface area contributed by atoms with Crippen molar-refractivity contribution in [3.63, 3.8) is 0 Å². The second-order valence-corrected chi connectivity index (χ2v) is 5.59. The fourth-order valence-corrected chi connectivity index (χ4v) is 2.70. The molecule has 1 amide bonds. The maximum absolute atomic E-state index is 12.6. The summed E-state index contributed by atoms with van der Waals surface area (Å²) in [4.78, 5) is 26.0. The van der Waals surface area contributed by atoms with Crippen molar-refractivity contribution in [3.8, 4) is 0 Å². The zero-order chi connectivity index (χ0) is 16.3. The molecule has 118 valence electrons. The zero-order valence-electron chi connectivity index (χ0n) is 13.1. The molecule has 1 aromatic rings. The van der Waals surface area contributed by atoms with E-state index in [-0.39, 0.29) is 23.9 Å². The third kappa shape index (κ3) is 2.98. The van der Waals surface area contributed by atoms with Crippen molar-refractivity contribution in [1.82, 2.24) is 4.90 Å². The topological polar surface area (TPSA) is 66.8 Å². The number of carbonyl (C=O) groups is 2. The Bertz CT molecular complexity index is 592. The van der Waals surface area contributed by atoms with Crippen molar-refractivity contribution < 1.29 is 19.4 Å². The minimum absolute atomic E-state index is 0.0143. The van der Waals surface area contributed by atoms with E-state index in [4.69, 9.17) is 4.74 Å². The number of benzene rings is 1. The summed E-state index contributed by atoms with van der Waals surface area (Å²) < 4.78 is 4.89. The van der Waals surface area contributed by atoms with Crippen molar-refractivity contribution in [2.24, 2.45) is 5.92 Å². The van der Waals surface area contributed by atoms with Crippen LogP contribution in [0.4, 0.5) is 0 Å². The SMILES string of the molecule is CCOC(=O)C1=C(O)[C@H](C(C)C)N(Cc2ccccc2)C1=O.